The van der Waals surface area contributed by atoms with Crippen molar-refractivity contribution >= 4 is 23.5 Å². The number of rotatable bonds is 7. The highest BCUT2D eigenvalue weighted by atomic mass is 16.5. The molecule has 8 rings (SSSR count). The van der Waals surface area contributed by atoms with E-state index in [1.807, 2.05) is 26.0 Å². The van der Waals surface area contributed by atoms with Crippen molar-refractivity contribution in [3.05, 3.63) is 41.5 Å². The number of urea groups is 1. The summed E-state index contributed by atoms with van der Waals surface area (Å²) in [4.78, 5) is 39.4. The number of carbonyl (C=O) groups excluding carboxylic acids is 3. The molecule has 56 heavy (non-hydrogen) atoms. The van der Waals surface area contributed by atoms with E-state index < -0.39 is 0 Å². The standard InChI is InChI=1S/C49H73N3O4/c1-29(2)50-40(53)35-28-38(44(35,5)6)51-42(55)52-49-23-19-33(45(7)24-25-45)39(49)34-16-17-37-46(8)21-18-32(30-12-14-31(15-13-30)41(54)56-11)43(3,4)36(46)20-22-48(37,10)47(34,9)26-27-49/h12-15,18,29,33-39H,16-17,19-28H2,1-11H3,(H,50,53)(H2,51,52,55)/t33-,34-,35-,36+,37?,38-,39?,46+,47-,48-,49+/m1/s1. The normalized spacial score (nSPS) is 42.4. The van der Waals surface area contributed by atoms with Crippen LogP contribution in [-0.2, 0) is 9.53 Å². The minimum absolute atomic E-state index is 0.00826. The summed E-state index contributed by atoms with van der Waals surface area (Å²) in [5, 5.41) is 10.3. The van der Waals surface area contributed by atoms with Crippen LogP contribution in [-0.4, -0.2) is 42.6 Å². The lowest BCUT2D eigenvalue weighted by atomic mass is 9.32. The molecule has 6 fully saturated rings. The maximum atomic E-state index is 14.2. The van der Waals surface area contributed by atoms with Crippen molar-refractivity contribution in [2.75, 3.05) is 7.11 Å². The third-order valence-electron chi connectivity index (χ3n) is 19.2. The van der Waals surface area contributed by atoms with Crippen LogP contribution in [0.2, 0.25) is 0 Å². The predicted octanol–water partition coefficient (Wildman–Crippen LogP) is 10.3. The molecule has 11 atom stereocenters. The minimum atomic E-state index is -0.286. The van der Waals surface area contributed by atoms with Gasteiger partial charge in [-0.1, -0.05) is 73.6 Å². The first-order valence-electron chi connectivity index (χ1n) is 22.5. The second-order valence-corrected chi connectivity index (χ2v) is 22.7. The zero-order chi connectivity index (χ0) is 40.4. The van der Waals surface area contributed by atoms with E-state index >= 15 is 0 Å². The van der Waals surface area contributed by atoms with Crippen LogP contribution < -0.4 is 16.0 Å². The van der Waals surface area contributed by atoms with Crippen molar-refractivity contribution in [3.8, 4) is 0 Å². The summed E-state index contributed by atoms with van der Waals surface area (Å²) in [7, 11) is 1.44. The Morgan fingerprint density at radius 3 is 2.09 bits per heavy atom. The van der Waals surface area contributed by atoms with Crippen LogP contribution in [0.25, 0.3) is 5.57 Å². The van der Waals surface area contributed by atoms with Gasteiger partial charge in [0.1, 0.15) is 0 Å². The van der Waals surface area contributed by atoms with Gasteiger partial charge in [0.25, 0.3) is 0 Å². The Balaban J connectivity index is 1.05. The smallest absolute Gasteiger partial charge is 0.337 e. The van der Waals surface area contributed by atoms with Crippen molar-refractivity contribution < 1.29 is 19.1 Å². The molecule has 0 radical (unpaired) electrons. The molecule has 6 saturated carbocycles. The minimum Gasteiger partial charge on any atom is -0.465 e. The van der Waals surface area contributed by atoms with Gasteiger partial charge < -0.3 is 20.7 Å². The topological polar surface area (TPSA) is 96.5 Å². The maximum absolute atomic E-state index is 14.2. The van der Waals surface area contributed by atoms with Crippen LogP contribution >= 0.6 is 0 Å². The number of nitrogens with one attached hydrogen (secondary N) is 3. The molecule has 0 saturated heterocycles. The zero-order valence-corrected chi connectivity index (χ0v) is 36.6. The molecule has 2 unspecified atom stereocenters. The third kappa shape index (κ3) is 5.71. The van der Waals surface area contributed by atoms with E-state index in [-0.39, 0.29) is 68.5 Å². The zero-order valence-electron chi connectivity index (χ0n) is 36.6. The first kappa shape index (κ1) is 40.0. The average Bonchev–Trinajstić information content (AvgIpc) is 3.76. The lowest BCUT2D eigenvalue weighted by molar-refractivity contribution is -0.221. The Labute approximate surface area is 338 Å². The van der Waals surface area contributed by atoms with Gasteiger partial charge in [-0.2, -0.15) is 0 Å². The molecule has 3 amide bonds. The molecular formula is C49H73N3O4. The Morgan fingerprint density at radius 2 is 1.46 bits per heavy atom. The Kier molecular flexibility index (Phi) is 9.34. The van der Waals surface area contributed by atoms with E-state index in [9.17, 15) is 14.4 Å². The van der Waals surface area contributed by atoms with Gasteiger partial charge >= 0.3 is 12.0 Å². The van der Waals surface area contributed by atoms with Crippen molar-refractivity contribution in [1.82, 2.24) is 16.0 Å². The number of fused-ring (bicyclic) bond motifs is 7. The van der Waals surface area contributed by atoms with E-state index in [0.29, 0.717) is 47.0 Å². The molecular weight excluding hydrogens is 695 g/mol. The Bertz CT molecular complexity index is 1790. The van der Waals surface area contributed by atoms with E-state index in [2.05, 4.69) is 89.5 Å². The van der Waals surface area contributed by atoms with E-state index in [1.165, 1.54) is 69.6 Å². The molecule has 3 N–H and O–H groups in total. The molecule has 7 nitrogen and oxygen atoms in total. The fraction of sp³-hybridized carbons (Fsp3) is 0.776. The van der Waals surface area contributed by atoms with Crippen molar-refractivity contribution in [1.29, 1.82) is 0 Å². The molecule has 0 bridgehead atoms. The summed E-state index contributed by atoms with van der Waals surface area (Å²) in [6.07, 6.45) is 16.6. The first-order chi connectivity index (χ1) is 26.2. The number of carbonyl (C=O) groups is 3. The van der Waals surface area contributed by atoms with Gasteiger partial charge in [0.2, 0.25) is 5.91 Å². The van der Waals surface area contributed by atoms with Crippen LogP contribution in [0.1, 0.15) is 162 Å². The lowest BCUT2D eigenvalue weighted by Crippen LogP contribution is -2.70. The van der Waals surface area contributed by atoms with Gasteiger partial charge in [0, 0.05) is 23.5 Å². The van der Waals surface area contributed by atoms with Crippen molar-refractivity contribution in [2.24, 2.45) is 68.0 Å². The van der Waals surface area contributed by atoms with Crippen LogP contribution in [0.4, 0.5) is 4.79 Å². The summed E-state index contributed by atoms with van der Waals surface area (Å²) < 4.78 is 4.98. The van der Waals surface area contributed by atoms with Gasteiger partial charge in [-0.3, -0.25) is 4.79 Å². The quantitative estimate of drug-likeness (QED) is 0.241. The van der Waals surface area contributed by atoms with Gasteiger partial charge in [0.15, 0.2) is 0 Å². The Hall–Kier alpha value is -2.83. The molecule has 7 heteroatoms. The molecule has 1 aromatic rings. The molecule has 0 spiro atoms. The van der Waals surface area contributed by atoms with E-state index in [4.69, 9.17) is 4.74 Å². The van der Waals surface area contributed by atoms with Gasteiger partial charge in [-0.05, 0) is 176 Å². The molecule has 7 aliphatic rings. The molecule has 0 aliphatic heterocycles. The number of esters is 1. The van der Waals surface area contributed by atoms with Crippen LogP contribution in [0, 0.1) is 68.0 Å². The average molecular weight is 768 g/mol. The maximum Gasteiger partial charge on any atom is 0.337 e. The molecule has 0 heterocycles. The largest absolute Gasteiger partial charge is 0.465 e. The number of ether oxygens (including phenoxy) is 1. The monoisotopic (exact) mass is 768 g/mol. The highest BCUT2D eigenvalue weighted by Gasteiger charge is 2.72. The fourth-order valence-electron chi connectivity index (χ4n) is 15.6. The molecule has 7 aliphatic carbocycles. The van der Waals surface area contributed by atoms with Crippen molar-refractivity contribution in [3.63, 3.8) is 0 Å². The van der Waals surface area contributed by atoms with Gasteiger partial charge in [0.05, 0.1) is 12.7 Å². The second kappa shape index (κ2) is 13.1. The third-order valence-corrected chi connectivity index (χ3v) is 19.2. The highest BCUT2D eigenvalue weighted by molar-refractivity contribution is 5.90. The number of amides is 3. The van der Waals surface area contributed by atoms with Crippen LogP contribution in [0.5, 0.6) is 0 Å². The van der Waals surface area contributed by atoms with Gasteiger partial charge in [-0.15, -0.1) is 0 Å². The number of benzene rings is 1. The number of hydrogen-bond acceptors (Lipinski definition) is 4. The molecule has 0 aromatic heterocycles. The summed E-state index contributed by atoms with van der Waals surface area (Å²) in [5.74, 6) is 2.74. The SMILES string of the molecule is COC(=O)c1ccc(C2=CC[C@]3(C)C4CC[C@@H]5C6[C@H](C7(C)CC7)CC[C@]6(NC(=O)N[C@@H]6C[C@H](C(=O)NC(C)C)C6(C)C)CC[C@@]5(C)[C@]4(C)CC[C@H]3C2(C)C)cc1. The fourth-order valence-corrected chi connectivity index (χ4v) is 15.6. The summed E-state index contributed by atoms with van der Waals surface area (Å²) in [6.45, 7) is 23.9. The van der Waals surface area contributed by atoms with Crippen LogP contribution in [0.3, 0.4) is 0 Å². The number of allylic oxidation sites excluding steroid dienone is 2. The number of methoxy groups -OCH3 is 1. The Morgan fingerprint density at radius 1 is 0.768 bits per heavy atom. The predicted molar refractivity (Wildman–Crippen MR) is 224 cm³/mol. The van der Waals surface area contributed by atoms with Gasteiger partial charge in [-0.25, -0.2) is 9.59 Å². The second-order valence-electron chi connectivity index (χ2n) is 22.7. The summed E-state index contributed by atoms with van der Waals surface area (Å²) >= 11 is 0. The highest BCUT2D eigenvalue weighted by Crippen LogP contribution is 2.78. The summed E-state index contributed by atoms with van der Waals surface area (Å²) in [5.41, 5.74) is 3.90. The molecule has 1 aromatic carbocycles. The van der Waals surface area contributed by atoms with E-state index in [0.717, 1.165) is 19.3 Å². The number of hydrogen-bond donors (Lipinski definition) is 3. The van der Waals surface area contributed by atoms with Crippen LogP contribution in [0.15, 0.2) is 30.3 Å². The summed E-state index contributed by atoms with van der Waals surface area (Å²) in [6, 6.07) is 8.18. The molecule has 308 valence electrons. The van der Waals surface area contributed by atoms with E-state index in [1.54, 1.807) is 0 Å². The first-order valence-corrected chi connectivity index (χ1v) is 22.5. The lowest BCUT2D eigenvalue weighted by Gasteiger charge is -2.72. The van der Waals surface area contributed by atoms with Crippen molar-refractivity contribution in [2.45, 2.75) is 164 Å².